The normalized spacial score (nSPS) is 22.6. The first-order valence-corrected chi connectivity index (χ1v) is 7.48. The molecule has 2 unspecified atom stereocenters. The van der Waals surface area contributed by atoms with Gasteiger partial charge in [0, 0.05) is 32.8 Å². The van der Waals surface area contributed by atoms with Gasteiger partial charge < -0.3 is 19.7 Å². The van der Waals surface area contributed by atoms with E-state index in [1.165, 1.54) is 0 Å². The van der Waals surface area contributed by atoms with Gasteiger partial charge in [0.2, 0.25) is 0 Å². The summed E-state index contributed by atoms with van der Waals surface area (Å²) < 4.78 is 24.9. The van der Waals surface area contributed by atoms with Crippen molar-refractivity contribution in [3.8, 4) is 0 Å². The summed E-state index contributed by atoms with van der Waals surface area (Å²) in [6.07, 6.45) is 0.135. The van der Waals surface area contributed by atoms with Gasteiger partial charge in [0.25, 0.3) is 0 Å². The number of hydrogen-bond donors (Lipinski definition) is 1. The van der Waals surface area contributed by atoms with Crippen LogP contribution in [0.5, 0.6) is 0 Å². The lowest BCUT2D eigenvalue weighted by atomic mass is 10.1. The predicted molar refractivity (Wildman–Crippen MR) is 82.2 cm³/mol. The van der Waals surface area contributed by atoms with E-state index < -0.39 is 0 Å². The Morgan fingerprint density at radius 2 is 2.24 bits per heavy atom. The van der Waals surface area contributed by atoms with Crippen molar-refractivity contribution >= 4 is 5.69 Å². The number of rotatable bonds is 6. The Morgan fingerprint density at radius 3 is 2.95 bits per heavy atom. The van der Waals surface area contributed by atoms with Gasteiger partial charge >= 0.3 is 0 Å². The highest BCUT2D eigenvalue weighted by Crippen LogP contribution is 2.25. The molecule has 0 aromatic heterocycles. The van der Waals surface area contributed by atoms with Crippen molar-refractivity contribution in [3.05, 3.63) is 29.6 Å². The topological polar surface area (TPSA) is 33.7 Å². The SMILES string of the molecule is COCCNCc1ccc(N2CC(C)OCC2C)c(F)c1. The molecule has 1 heterocycles. The van der Waals surface area contributed by atoms with E-state index in [1.54, 1.807) is 13.2 Å². The fourth-order valence-electron chi connectivity index (χ4n) is 2.54. The molecule has 1 aromatic rings. The molecule has 21 heavy (non-hydrogen) atoms. The minimum absolute atomic E-state index is 0.135. The molecule has 1 aliphatic heterocycles. The number of morpholine rings is 1. The third-order valence-electron chi connectivity index (χ3n) is 3.74. The maximum absolute atomic E-state index is 14.4. The molecular weight excluding hydrogens is 271 g/mol. The molecular formula is C16H25FN2O2. The Morgan fingerprint density at radius 1 is 1.43 bits per heavy atom. The molecule has 5 heteroatoms. The van der Waals surface area contributed by atoms with Crippen LogP contribution in [0, 0.1) is 5.82 Å². The van der Waals surface area contributed by atoms with E-state index >= 15 is 0 Å². The summed E-state index contributed by atoms with van der Waals surface area (Å²) in [7, 11) is 1.67. The zero-order valence-electron chi connectivity index (χ0n) is 13.1. The number of benzene rings is 1. The summed E-state index contributed by atoms with van der Waals surface area (Å²) in [6.45, 7) is 7.51. The average molecular weight is 296 g/mol. The lowest BCUT2D eigenvalue weighted by Crippen LogP contribution is -2.47. The van der Waals surface area contributed by atoms with E-state index in [1.807, 2.05) is 19.1 Å². The van der Waals surface area contributed by atoms with Gasteiger partial charge in [-0.05, 0) is 31.5 Å². The average Bonchev–Trinajstić information content (AvgIpc) is 2.47. The molecule has 0 spiro atoms. The highest BCUT2D eigenvalue weighted by molar-refractivity contribution is 5.50. The summed E-state index contributed by atoms with van der Waals surface area (Å²) in [5.74, 6) is -0.165. The van der Waals surface area contributed by atoms with E-state index in [4.69, 9.17) is 9.47 Å². The molecule has 1 N–H and O–H groups in total. The molecule has 2 atom stereocenters. The molecule has 2 rings (SSSR count). The van der Waals surface area contributed by atoms with Crippen LogP contribution in [-0.2, 0) is 16.0 Å². The Labute approximate surface area is 126 Å². The molecule has 1 fully saturated rings. The summed E-state index contributed by atoms with van der Waals surface area (Å²) in [5.41, 5.74) is 1.61. The molecule has 0 radical (unpaired) electrons. The lowest BCUT2D eigenvalue weighted by molar-refractivity contribution is 0.0341. The first-order valence-electron chi connectivity index (χ1n) is 7.48. The number of halogens is 1. The third kappa shape index (κ3) is 4.40. The standard InChI is InChI=1S/C16H25FN2O2/c1-12-11-21-13(2)10-19(12)16-5-4-14(8-15(16)17)9-18-6-7-20-3/h4-5,8,12-13,18H,6-7,9-11H2,1-3H3. The van der Waals surface area contributed by atoms with Gasteiger partial charge in [0.15, 0.2) is 0 Å². The van der Waals surface area contributed by atoms with Crippen LogP contribution < -0.4 is 10.2 Å². The van der Waals surface area contributed by atoms with Crippen molar-refractivity contribution in [1.29, 1.82) is 0 Å². The van der Waals surface area contributed by atoms with Gasteiger partial charge in [-0.25, -0.2) is 4.39 Å². The van der Waals surface area contributed by atoms with E-state index in [-0.39, 0.29) is 18.0 Å². The molecule has 1 aromatic carbocycles. The number of methoxy groups -OCH3 is 1. The van der Waals surface area contributed by atoms with Gasteiger partial charge in [-0.1, -0.05) is 6.07 Å². The van der Waals surface area contributed by atoms with E-state index in [0.717, 1.165) is 18.7 Å². The van der Waals surface area contributed by atoms with E-state index in [0.29, 0.717) is 25.4 Å². The second-order valence-corrected chi connectivity index (χ2v) is 5.60. The minimum atomic E-state index is -0.165. The summed E-state index contributed by atoms with van der Waals surface area (Å²) in [6, 6.07) is 5.66. The van der Waals surface area contributed by atoms with Crippen LogP contribution in [0.4, 0.5) is 10.1 Å². The van der Waals surface area contributed by atoms with Crippen molar-refractivity contribution in [3.63, 3.8) is 0 Å². The Kier molecular flexibility index (Phi) is 5.96. The second-order valence-electron chi connectivity index (χ2n) is 5.60. The van der Waals surface area contributed by atoms with Gasteiger partial charge in [0.1, 0.15) is 5.82 Å². The van der Waals surface area contributed by atoms with Crippen molar-refractivity contribution in [2.75, 3.05) is 38.3 Å². The number of nitrogens with zero attached hydrogens (tertiary/aromatic N) is 1. The van der Waals surface area contributed by atoms with Crippen molar-refractivity contribution in [1.82, 2.24) is 5.32 Å². The minimum Gasteiger partial charge on any atom is -0.383 e. The van der Waals surface area contributed by atoms with Crippen LogP contribution >= 0.6 is 0 Å². The fraction of sp³-hybridized carbons (Fsp3) is 0.625. The summed E-state index contributed by atoms with van der Waals surface area (Å²) in [5, 5.41) is 3.22. The zero-order valence-corrected chi connectivity index (χ0v) is 13.1. The van der Waals surface area contributed by atoms with Crippen molar-refractivity contribution in [2.24, 2.45) is 0 Å². The number of ether oxygens (including phenoxy) is 2. The number of hydrogen-bond acceptors (Lipinski definition) is 4. The molecule has 0 saturated carbocycles. The lowest BCUT2D eigenvalue weighted by Gasteiger charge is -2.38. The first-order chi connectivity index (χ1) is 10.1. The fourth-order valence-corrected chi connectivity index (χ4v) is 2.54. The van der Waals surface area contributed by atoms with Crippen LogP contribution in [0.3, 0.4) is 0 Å². The van der Waals surface area contributed by atoms with Crippen LogP contribution in [0.2, 0.25) is 0 Å². The molecule has 1 aliphatic rings. The predicted octanol–water partition coefficient (Wildman–Crippen LogP) is 2.18. The van der Waals surface area contributed by atoms with Gasteiger partial charge in [-0.2, -0.15) is 0 Å². The van der Waals surface area contributed by atoms with E-state index in [2.05, 4.69) is 17.1 Å². The molecule has 1 saturated heterocycles. The summed E-state index contributed by atoms with van der Waals surface area (Å²) in [4.78, 5) is 2.09. The van der Waals surface area contributed by atoms with Gasteiger partial charge in [-0.15, -0.1) is 0 Å². The van der Waals surface area contributed by atoms with Gasteiger partial charge in [0.05, 0.1) is 25.0 Å². The molecule has 0 bridgehead atoms. The van der Waals surface area contributed by atoms with Crippen LogP contribution in [0.1, 0.15) is 19.4 Å². The number of nitrogens with one attached hydrogen (secondary N) is 1. The van der Waals surface area contributed by atoms with Gasteiger partial charge in [-0.3, -0.25) is 0 Å². The molecule has 4 nitrogen and oxygen atoms in total. The maximum atomic E-state index is 14.4. The third-order valence-corrected chi connectivity index (χ3v) is 3.74. The smallest absolute Gasteiger partial charge is 0.146 e. The first kappa shape index (κ1) is 16.2. The Hall–Kier alpha value is -1.17. The van der Waals surface area contributed by atoms with Crippen molar-refractivity contribution in [2.45, 2.75) is 32.5 Å². The van der Waals surface area contributed by atoms with Crippen LogP contribution in [0.15, 0.2) is 18.2 Å². The van der Waals surface area contributed by atoms with Crippen LogP contribution in [0.25, 0.3) is 0 Å². The number of anilines is 1. The highest BCUT2D eigenvalue weighted by atomic mass is 19.1. The molecule has 0 amide bonds. The van der Waals surface area contributed by atoms with Crippen LogP contribution in [-0.4, -0.2) is 45.6 Å². The van der Waals surface area contributed by atoms with E-state index in [9.17, 15) is 4.39 Å². The van der Waals surface area contributed by atoms with Crippen molar-refractivity contribution < 1.29 is 13.9 Å². The monoisotopic (exact) mass is 296 g/mol. The Balaban J connectivity index is 2.01. The maximum Gasteiger partial charge on any atom is 0.146 e. The largest absolute Gasteiger partial charge is 0.383 e. The molecule has 118 valence electrons. The summed E-state index contributed by atoms with van der Waals surface area (Å²) >= 11 is 0. The second kappa shape index (κ2) is 7.73. The molecule has 0 aliphatic carbocycles. The Bertz CT molecular complexity index is 456. The highest BCUT2D eigenvalue weighted by Gasteiger charge is 2.25. The zero-order chi connectivity index (χ0) is 15.2. The quantitative estimate of drug-likeness (QED) is 0.816.